The van der Waals surface area contributed by atoms with Crippen LogP contribution in [0.1, 0.15) is 13.3 Å². The van der Waals surface area contributed by atoms with Crippen LogP contribution >= 0.6 is 23.2 Å². The molecule has 0 aliphatic heterocycles. The maximum atomic E-state index is 11.5. The van der Waals surface area contributed by atoms with E-state index < -0.39 is 30.5 Å². The van der Waals surface area contributed by atoms with Crippen molar-refractivity contribution in [1.82, 2.24) is 4.72 Å². The van der Waals surface area contributed by atoms with Gasteiger partial charge in [0.2, 0.25) is 10.0 Å². The van der Waals surface area contributed by atoms with Crippen LogP contribution in [0.4, 0.5) is 0 Å². The number of hydrogen-bond donors (Lipinski definition) is 1. The van der Waals surface area contributed by atoms with E-state index in [0.29, 0.717) is 6.42 Å². The highest BCUT2D eigenvalue weighted by atomic mass is 35.5. The number of hydrogen-bond acceptors (Lipinski definition) is 4. The fraction of sp³-hybridized carbons (Fsp3) is 1.00. The van der Waals surface area contributed by atoms with Gasteiger partial charge in [-0.1, -0.05) is 6.92 Å². The lowest BCUT2D eigenvalue weighted by molar-refractivity contribution is 0.451. The molecular formula is C7H15Cl2NO4S2. The summed E-state index contributed by atoms with van der Waals surface area (Å²) >= 11 is 11.3. The molecule has 0 radical (unpaired) electrons. The van der Waals surface area contributed by atoms with Crippen LogP contribution in [0.5, 0.6) is 0 Å². The van der Waals surface area contributed by atoms with E-state index in [-0.39, 0.29) is 11.8 Å². The quantitative estimate of drug-likeness (QED) is 0.696. The monoisotopic (exact) mass is 311 g/mol. The van der Waals surface area contributed by atoms with Crippen LogP contribution in [-0.4, -0.2) is 45.5 Å². The molecule has 16 heavy (non-hydrogen) atoms. The average molecular weight is 312 g/mol. The van der Waals surface area contributed by atoms with Crippen molar-refractivity contribution in [3.8, 4) is 0 Å². The molecule has 0 saturated carbocycles. The molecule has 0 aliphatic rings. The lowest BCUT2D eigenvalue weighted by Gasteiger charge is -2.28. The van der Waals surface area contributed by atoms with E-state index in [0.717, 1.165) is 6.26 Å². The summed E-state index contributed by atoms with van der Waals surface area (Å²) in [6, 6.07) is 0. The Morgan fingerprint density at radius 3 is 1.81 bits per heavy atom. The van der Waals surface area contributed by atoms with Gasteiger partial charge in [0.25, 0.3) is 0 Å². The Balaban J connectivity index is 4.95. The van der Waals surface area contributed by atoms with Gasteiger partial charge in [-0.25, -0.2) is 21.6 Å². The van der Waals surface area contributed by atoms with Crippen LogP contribution in [0.2, 0.25) is 0 Å². The summed E-state index contributed by atoms with van der Waals surface area (Å²) in [6.45, 7) is 1.72. The number of alkyl halides is 2. The Morgan fingerprint density at radius 2 is 1.56 bits per heavy atom. The van der Waals surface area contributed by atoms with Crippen molar-refractivity contribution < 1.29 is 16.8 Å². The third kappa shape index (κ3) is 5.67. The van der Waals surface area contributed by atoms with Gasteiger partial charge in [0.1, 0.15) is 0 Å². The molecule has 9 heteroatoms. The van der Waals surface area contributed by atoms with Crippen molar-refractivity contribution in [3.63, 3.8) is 0 Å². The van der Waals surface area contributed by atoms with Gasteiger partial charge < -0.3 is 0 Å². The zero-order chi connectivity index (χ0) is 13.0. The lowest BCUT2D eigenvalue weighted by atomic mass is 10.0. The SMILES string of the molecule is CCC(CCl)(CCl)NS(=O)(=O)CS(C)(=O)=O. The van der Waals surface area contributed by atoms with Crippen LogP contribution in [-0.2, 0) is 19.9 Å². The predicted octanol–water partition coefficient (Wildman–Crippen LogP) is 0.534. The maximum Gasteiger partial charge on any atom is 0.226 e. The normalized spacial score (nSPS) is 14.0. The molecule has 0 bridgehead atoms. The minimum Gasteiger partial charge on any atom is -0.228 e. The summed E-state index contributed by atoms with van der Waals surface area (Å²) < 4.78 is 47.1. The van der Waals surface area contributed by atoms with Crippen LogP contribution in [0.15, 0.2) is 0 Å². The maximum absolute atomic E-state index is 11.5. The van der Waals surface area contributed by atoms with Gasteiger partial charge in [-0.05, 0) is 6.42 Å². The molecule has 0 fully saturated rings. The fourth-order valence-corrected chi connectivity index (χ4v) is 5.39. The van der Waals surface area contributed by atoms with E-state index in [1.807, 2.05) is 0 Å². The highest BCUT2D eigenvalue weighted by molar-refractivity contribution is 8.06. The molecular weight excluding hydrogens is 297 g/mol. The largest absolute Gasteiger partial charge is 0.228 e. The van der Waals surface area contributed by atoms with Crippen LogP contribution < -0.4 is 4.72 Å². The van der Waals surface area contributed by atoms with Crippen molar-refractivity contribution in [2.75, 3.05) is 23.1 Å². The van der Waals surface area contributed by atoms with Gasteiger partial charge in [-0.3, -0.25) is 0 Å². The minimum absolute atomic E-state index is 0.0179. The predicted molar refractivity (Wildman–Crippen MR) is 66.2 cm³/mol. The van der Waals surface area contributed by atoms with Crippen molar-refractivity contribution >= 4 is 43.1 Å². The summed E-state index contributed by atoms with van der Waals surface area (Å²) in [5, 5.41) is -0.963. The fourth-order valence-electron chi connectivity index (χ4n) is 0.993. The minimum atomic E-state index is -3.94. The molecule has 0 aromatic rings. The van der Waals surface area contributed by atoms with E-state index in [2.05, 4.69) is 4.72 Å². The van der Waals surface area contributed by atoms with Crippen molar-refractivity contribution in [2.45, 2.75) is 18.9 Å². The number of sulfonamides is 1. The second-order valence-corrected chi connectivity index (χ2v) is 8.42. The van der Waals surface area contributed by atoms with Crippen molar-refractivity contribution in [1.29, 1.82) is 0 Å². The molecule has 0 saturated heterocycles. The van der Waals surface area contributed by atoms with Gasteiger partial charge >= 0.3 is 0 Å². The van der Waals surface area contributed by atoms with E-state index in [9.17, 15) is 16.8 Å². The third-order valence-corrected chi connectivity index (χ3v) is 6.65. The summed E-state index contributed by atoms with van der Waals surface area (Å²) in [4.78, 5) is 0. The number of nitrogens with one attached hydrogen (secondary N) is 1. The van der Waals surface area contributed by atoms with Gasteiger partial charge in [0, 0.05) is 18.0 Å². The van der Waals surface area contributed by atoms with E-state index >= 15 is 0 Å². The first-order chi connectivity index (χ1) is 7.10. The highest BCUT2D eigenvalue weighted by Gasteiger charge is 2.32. The molecule has 0 amide bonds. The average Bonchev–Trinajstić information content (AvgIpc) is 2.10. The van der Waals surface area contributed by atoms with E-state index in [1.54, 1.807) is 6.92 Å². The smallest absolute Gasteiger partial charge is 0.226 e. The molecule has 0 spiro atoms. The molecule has 0 atom stereocenters. The van der Waals surface area contributed by atoms with E-state index in [1.165, 1.54) is 0 Å². The van der Waals surface area contributed by atoms with Crippen LogP contribution in [0.25, 0.3) is 0 Å². The molecule has 0 heterocycles. The molecule has 98 valence electrons. The van der Waals surface area contributed by atoms with Gasteiger partial charge in [0.15, 0.2) is 14.9 Å². The Kier molecular flexibility index (Phi) is 6.02. The standard InChI is InChI=1S/C7H15Cl2NO4S2/c1-3-7(4-8,5-9)10-16(13,14)6-15(2,11)12/h10H,3-6H2,1-2H3. The third-order valence-electron chi connectivity index (χ3n) is 1.93. The zero-order valence-electron chi connectivity index (χ0n) is 9.03. The molecule has 0 aliphatic carbocycles. The molecule has 1 N–H and O–H groups in total. The number of sulfone groups is 1. The highest BCUT2D eigenvalue weighted by Crippen LogP contribution is 2.16. The lowest BCUT2D eigenvalue weighted by Crippen LogP contribution is -2.52. The molecule has 0 unspecified atom stereocenters. The first-order valence-electron chi connectivity index (χ1n) is 4.41. The second-order valence-electron chi connectivity index (χ2n) is 3.66. The summed E-state index contributed by atoms with van der Waals surface area (Å²) in [6.07, 6.45) is 1.23. The molecule has 0 aromatic carbocycles. The van der Waals surface area contributed by atoms with E-state index in [4.69, 9.17) is 23.2 Å². The van der Waals surface area contributed by atoms with Gasteiger partial charge in [-0.2, -0.15) is 0 Å². The van der Waals surface area contributed by atoms with Gasteiger partial charge in [0.05, 0.1) is 5.54 Å². The summed E-state index contributed by atoms with van der Waals surface area (Å²) in [5.41, 5.74) is -0.993. The number of rotatable bonds is 7. The van der Waals surface area contributed by atoms with Crippen molar-refractivity contribution in [3.05, 3.63) is 0 Å². The van der Waals surface area contributed by atoms with Crippen LogP contribution in [0.3, 0.4) is 0 Å². The topological polar surface area (TPSA) is 80.3 Å². The summed E-state index contributed by atoms with van der Waals surface area (Å²) in [5.74, 6) is -0.0357. The second kappa shape index (κ2) is 5.86. The zero-order valence-corrected chi connectivity index (χ0v) is 12.2. The van der Waals surface area contributed by atoms with Crippen LogP contribution in [0, 0.1) is 0 Å². The first-order valence-corrected chi connectivity index (χ1v) is 9.19. The van der Waals surface area contributed by atoms with Crippen molar-refractivity contribution in [2.24, 2.45) is 0 Å². The molecule has 5 nitrogen and oxygen atoms in total. The molecule has 0 aromatic heterocycles. The number of halogens is 2. The Bertz CT molecular complexity index is 405. The summed E-state index contributed by atoms with van der Waals surface area (Å²) in [7, 11) is -7.56. The Hall–Kier alpha value is 0.440. The molecule has 0 rings (SSSR count). The Labute approximate surface area is 106 Å². The first kappa shape index (κ1) is 16.4. The van der Waals surface area contributed by atoms with Gasteiger partial charge in [-0.15, -0.1) is 23.2 Å². The Morgan fingerprint density at radius 1 is 1.12 bits per heavy atom.